The average molecular weight is 261 g/mol. The summed E-state index contributed by atoms with van der Waals surface area (Å²) >= 11 is 1.37. The van der Waals surface area contributed by atoms with Crippen LogP contribution in [0.2, 0.25) is 0 Å². The summed E-state index contributed by atoms with van der Waals surface area (Å²) in [6, 6.07) is 1.33. The maximum absolute atomic E-state index is 13.2. The highest BCUT2D eigenvalue weighted by Gasteiger charge is 2.09. The molecule has 5 nitrogen and oxygen atoms in total. The summed E-state index contributed by atoms with van der Waals surface area (Å²) in [6.07, 6.45) is 6.38. The van der Waals surface area contributed by atoms with E-state index < -0.39 is 5.95 Å². The van der Waals surface area contributed by atoms with Crippen molar-refractivity contribution in [3.8, 4) is 0 Å². The van der Waals surface area contributed by atoms with Crippen molar-refractivity contribution in [3.63, 3.8) is 0 Å². The van der Waals surface area contributed by atoms with Crippen molar-refractivity contribution in [2.24, 2.45) is 7.05 Å². The molecular formula is C11H8FN5S. The molecule has 0 aliphatic carbocycles. The molecule has 0 N–H and O–H groups in total. The molecule has 18 heavy (non-hydrogen) atoms. The summed E-state index contributed by atoms with van der Waals surface area (Å²) in [7, 11) is 1.89. The van der Waals surface area contributed by atoms with Crippen molar-refractivity contribution in [2.45, 2.75) is 10.2 Å². The maximum Gasteiger partial charge on any atom is 0.213 e. The Morgan fingerprint density at radius 1 is 1.22 bits per heavy atom. The van der Waals surface area contributed by atoms with Gasteiger partial charge in [-0.15, -0.1) is 0 Å². The Balaban J connectivity index is 2.11. The normalized spacial score (nSPS) is 11.0. The van der Waals surface area contributed by atoms with Crippen molar-refractivity contribution < 1.29 is 4.39 Å². The predicted octanol–water partition coefficient (Wildman–Crippen LogP) is 2.05. The molecule has 0 aliphatic heterocycles. The third-order valence-electron chi connectivity index (χ3n) is 2.42. The lowest BCUT2D eigenvalue weighted by atomic mass is 10.3. The van der Waals surface area contributed by atoms with E-state index in [0.717, 1.165) is 5.16 Å². The number of rotatable bonds is 2. The van der Waals surface area contributed by atoms with E-state index in [1.54, 1.807) is 6.20 Å². The van der Waals surface area contributed by atoms with E-state index >= 15 is 0 Å². The zero-order chi connectivity index (χ0) is 12.5. The van der Waals surface area contributed by atoms with E-state index in [9.17, 15) is 4.39 Å². The molecule has 3 aromatic heterocycles. The molecule has 0 bridgehead atoms. The summed E-state index contributed by atoms with van der Waals surface area (Å²) in [6.45, 7) is 0. The average Bonchev–Trinajstić information content (AvgIpc) is 2.76. The highest BCUT2D eigenvalue weighted by Crippen LogP contribution is 2.29. The summed E-state index contributed by atoms with van der Waals surface area (Å²) in [5.74, 6) is -0.543. The maximum atomic E-state index is 13.2. The van der Waals surface area contributed by atoms with Gasteiger partial charge in [0.2, 0.25) is 5.95 Å². The minimum atomic E-state index is -0.543. The minimum absolute atomic E-state index is 0.543. The SMILES string of the molecule is Cn1ccnc1Sc1ncnc2cnc(F)cc12. The van der Waals surface area contributed by atoms with Crippen molar-refractivity contribution in [2.75, 3.05) is 0 Å². The Bertz CT molecular complexity index is 711. The number of imidazole rings is 1. The summed E-state index contributed by atoms with van der Waals surface area (Å²) in [5, 5.41) is 2.08. The number of aromatic nitrogens is 5. The van der Waals surface area contributed by atoms with Crippen LogP contribution in [0.25, 0.3) is 10.9 Å². The Morgan fingerprint density at radius 3 is 2.89 bits per heavy atom. The van der Waals surface area contributed by atoms with E-state index in [1.807, 2.05) is 17.8 Å². The lowest BCUT2D eigenvalue weighted by Gasteiger charge is -2.04. The van der Waals surface area contributed by atoms with E-state index in [2.05, 4.69) is 19.9 Å². The molecule has 0 fully saturated rings. The van der Waals surface area contributed by atoms with Gasteiger partial charge < -0.3 is 4.57 Å². The van der Waals surface area contributed by atoms with E-state index in [4.69, 9.17) is 0 Å². The van der Waals surface area contributed by atoms with Crippen LogP contribution in [0.5, 0.6) is 0 Å². The number of hydrogen-bond donors (Lipinski definition) is 0. The van der Waals surface area contributed by atoms with Crippen LogP contribution in [0, 0.1) is 5.95 Å². The number of fused-ring (bicyclic) bond motifs is 1. The first-order valence-electron chi connectivity index (χ1n) is 5.15. The number of halogens is 1. The van der Waals surface area contributed by atoms with Gasteiger partial charge in [-0.05, 0) is 11.8 Å². The fraction of sp³-hybridized carbons (Fsp3) is 0.0909. The first kappa shape index (κ1) is 11.1. The molecule has 0 aromatic carbocycles. The zero-order valence-corrected chi connectivity index (χ0v) is 10.2. The second-order valence-electron chi connectivity index (χ2n) is 3.63. The van der Waals surface area contributed by atoms with Crippen molar-refractivity contribution >= 4 is 22.7 Å². The fourth-order valence-corrected chi connectivity index (χ4v) is 2.39. The fourth-order valence-electron chi connectivity index (χ4n) is 1.53. The number of pyridine rings is 1. The quantitative estimate of drug-likeness (QED) is 0.522. The van der Waals surface area contributed by atoms with Crippen LogP contribution >= 0.6 is 11.8 Å². The standard InChI is InChI=1S/C11H8FN5S/c1-17-3-2-13-11(17)18-10-7-4-9(12)14-5-8(7)15-6-16-10/h2-6H,1H3. The van der Waals surface area contributed by atoms with Gasteiger partial charge in [-0.1, -0.05) is 0 Å². The Morgan fingerprint density at radius 2 is 2.11 bits per heavy atom. The van der Waals surface area contributed by atoms with Crippen LogP contribution in [0.1, 0.15) is 0 Å². The summed E-state index contributed by atoms with van der Waals surface area (Å²) in [4.78, 5) is 16.0. The molecule has 3 rings (SSSR count). The molecule has 7 heteroatoms. The molecule has 3 aromatic rings. The van der Waals surface area contributed by atoms with Crippen molar-refractivity contribution in [1.29, 1.82) is 0 Å². The Labute approximate surface area is 106 Å². The largest absolute Gasteiger partial charge is 0.329 e. The first-order valence-corrected chi connectivity index (χ1v) is 5.97. The van der Waals surface area contributed by atoms with Gasteiger partial charge in [-0.25, -0.2) is 19.9 Å². The first-order chi connectivity index (χ1) is 8.74. The summed E-state index contributed by atoms with van der Waals surface area (Å²) < 4.78 is 15.0. The second kappa shape index (κ2) is 4.34. The monoisotopic (exact) mass is 261 g/mol. The van der Waals surface area contributed by atoms with E-state index in [1.165, 1.54) is 30.4 Å². The van der Waals surface area contributed by atoms with Gasteiger partial charge in [0.15, 0.2) is 5.16 Å². The number of nitrogens with zero attached hydrogens (tertiary/aromatic N) is 5. The third-order valence-corrected chi connectivity index (χ3v) is 3.51. The lowest BCUT2D eigenvalue weighted by Crippen LogP contribution is -1.93. The van der Waals surface area contributed by atoms with Crippen molar-refractivity contribution in [1.82, 2.24) is 24.5 Å². The van der Waals surface area contributed by atoms with Gasteiger partial charge in [0.05, 0.1) is 11.7 Å². The molecule has 0 saturated heterocycles. The highest BCUT2D eigenvalue weighted by atomic mass is 32.2. The van der Waals surface area contributed by atoms with Crippen LogP contribution in [-0.2, 0) is 7.05 Å². The molecule has 0 aliphatic rings. The Hall–Kier alpha value is -2.02. The number of aryl methyl sites for hydroxylation is 1. The van der Waals surface area contributed by atoms with Crippen LogP contribution < -0.4 is 0 Å². The zero-order valence-electron chi connectivity index (χ0n) is 9.41. The van der Waals surface area contributed by atoms with E-state index in [-0.39, 0.29) is 0 Å². The molecule has 90 valence electrons. The molecular weight excluding hydrogens is 253 g/mol. The van der Waals surface area contributed by atoms with Crippen molar-refractivity contribution in [3.05, 3.63) is 36.9 Å². The van der Waals surface area contributed by atoms with Gasteiger partial charge >= 0.3 is 0 Å². The molecule has 0 spiro atoms. The van der Waals surface area contributed by atoms with Gasteiger partial charge in [-0.2, -0.15) is 4.39 Å². The third kappa shape index (κ3) is 1.92. The predicted molar refractivity (Wildman–Crippen MR) is 64.6 cm³/mol. The molecule has 0 radical (unpaired) electrons. The van der Waals surface area contributed by atoms with Crippen LogP contribution in [0.15, 0.2) is 41.2 Å². The van der Waals surface area contributed by atoms with Crippen LogP contribution in [0.4, 0.5) is 4.39 Å². The van der Waals surface area contributed by atoms with Gasteiger partial charge in [0, 0.05) is 30.9 Å². The van der Waals surface area contributed by atoms with Crippen LogP contribution in [-0.4, -0.2) is 24.5 Å². The van der Waals surface area contributed by atoms with Crippen LogP contribution in [0.3, 0.4) is 0 Å². The Kier molecular flexibility index (Phi) is 2.67. The number of hydrogen-bond acceptors (Lipinski definition) is 5. The highest BCUT2D eigenvalue weighted by molar-refractivity contribution is 7.99. The smallest absolute Gasteiger partial charge is 0.213 e. The van der Waals surface area contributed by atoms with Gasteiger partial charge in [-0.3, -0.25) is 0 Å². The minimum Gasteiger partial charge on any atom is -0.329 e. The molecule has 3 heterocycles. The molecule has 0 atom stereocenters. The van der Waals surface area contributed by atoms with Gasteiger partial charge in [0.25, 0.3) is 0 Å². The second-order valence-corrected chi connectivity index (χ2v) is 4.58. The summed E-state index contributed by atoms with van der Waals surface area (Å²) in [5.41, 5.74) is 0.614. The van der Waals surface area contributed by atoms with Gasteiger partial charge in [0.1, 0.15) is 11.4 Å². The lowest BCUT2D eigenvalue weighted by molar-refractivity contribution is 0.585. The van der Waals surface area contributed by atoms with E-state index in [0.29, 0.717) is 15.9 Å². The molecule has 0 saturated carbocycles. The molecule has 0 amide bonds. The topological polar surface area (TPSA) is 56.5 Å². The molecule has 0 unspecified atom stereocenters.